The van der Waals surface area contributed by atoms with Gasteiger partial charge in [0.25, 0.3) is 5.91 Å². The zero-order valence-corrected chi connectivity index (χ0v) is 17.8. The summed E-state index contributed by atoms with van der Waals surface area (Å²) < 4.78 is 52.5. The van der Waals surface area contributed by atoms with Gasteiger partial charge in [0.2, 0.25) is 0 Å². The first kappa shape index (κ1) is 28.2. The lowest BCUT2D eigenvalue weighted by molar-refractivity contribution is -0.192. The number of carbonyl (C=O) groups excluding carboxylic acids is 1. The van der Waals surface area contributed by atoms with Gasteiger partial charge in [-0.3, -0.25) is 4.79 Å². The molecule has 0 saturated carbocycles. The van der Waals surface area contributed by atoms with E-state index in [1.54, 1.807) is 18.2 Å². The largest absolute Gasteiger partial charge is 0.490 e. The van der Waals surface area contributed by atoms with E-state index in [4.69, 9.17) is 29.8 Å². The molecule has 14 heteroatoms. The summed E-state index contributed by atoms with van der Waals surface area (Å²) in [5.41, 5.74) is 7.07. The van der Waals surface area contributed by atoms with Crippen LogP contribution in [0.3, 0.4) is 0 Å². The van der Waals surface area contributed by atoms with Gasteiger partial charge in [0.05, 0.1) is 26.4 Å². The maximum Gasteiger partial charge on any atom is 0.490 e. The molecule has 186 valence electrons. The predicted molar refractivity (Wildman–Crippen MR) is 109 cm³/mol. The number of amides is 1. The van der Waals surface area contributed by atoms with E-state index in [1.807, 2.05) is 0 Å². The SMILES string of the molecule is NCCCOCCOCCOCCCNC(=O)c1ccc2nonc2c1.O=C(O)C(F)(F)F. The van der Waals surface area contributed by atoms with E-state index >= 15 is 0 Å². The van der Waals surface area contributed by atoms with E-state index in [0.29, 0.717) is 69.3 Å². The number of nitrogens with two attached hydrogens (primary N) is 1. The van der Waals surface area contributed by atoms with Crippen molar-refractivity contribution in [2.24, 2.45) is 5.73 Å². The quantitative estimate of drug-likeness (QED) is 0.337. The number of ether oxygens (including phenoxy) is 3. The second kappa shape index (κ2) is 15.9. The van der Waals surface area contributed by atoms with Crippen LogP contribution in [0, 0.1) is 0 Å². The third-order valence-electron chi connectivity index (χ3n) is 3.75. The smallest absolute Gasteiger partial charge is 0.475 e. The summed E-state index contributed by atoms with van der Waals surface area (Å²) in [5.74, 6) is -2.92. The van der Waals surface area contributed by atoms with Crippen molar-refractivity contribution in [1.82, 2.24) is 15.6 Å². The van der Waals surface area contributed by atoms with Gasteiger partial charge in [-0.25, -0.2) is 9.42 Å². The number of aliphatic carboxylic acids is 1. The summed E-state index contributed by atoms with van der Waals surface area (Å²) in [6.45, 7) is 4.57. The topological polar surface area (TPSA) is 159 Å². The Kier molecular flexibility index (Phi) is 13.6. The van der Waals surface area contributed by atoms with Crippen molar-refractivity contribution >= 4 is 22.9 Å². The molecular formula is C19H27F3N4O7. The summed E-state index contributed by atoms with van der Waals surface area (Å²) in [4.78, 5) is 20.9. The van der Waals surface area contributed by atoms with Gasteiger partial charge >= 0.3 is 12.1 Å². The molecule has 0 radical (unpaired) electrons. The number of aromatic nitrogens is 2. The molecule has 1 aromatic carbocycles. The number of alkyl halides is 3. The third kappa shape index (κ3) is 12.7. The molecule has 0 fully saturated rings. The van der Waals surface area contributed by atoms with Gasteiger partial charge in [-0.15, -0.1) is 0 Å². The fourth-order valence-electron chi connectivity index (χ4n) is 2.13. The number of halogens is 3. The lowest BCUT2D eigenvalue weighted by Crippen LogP contribution is -2.25. The zero-order valence-electron chi connectivity index (χ0n) is 17.8. The van der Waals surface area contributed by atoms with Crippen LogP contribution in [0.5, 0.6) is 0 Å². The van der Waals surface area contributed by atoms with Crippen LogP contribution in [0.2, 0.25) is 0 Å². The third-order valence-corrected chi connectivity index (χ3v) is 3.75. The highest BCUT2D eigenvalue weighted by Crippen LogP contribution is 2.13. The first-order valence-electron chi connectivity index (χ1n) is 9.99. The molecule has 0 aliphatic rings. The average molecular weight is 480 g/mol. The van der Waals surface area contributed by atoms with Gasteiger partial charge in [-0.1, -0.05) is 0 Å². The number of hydrogen-bond donors (Lipinski definition) is 3. The fraction of sp³-hybridized carbons (Fsp3) is 0.579. The number of carbonyl (C=O) groups is 2. The Morgan fingerprint density at radius 3 is 2.09 bits per heavy atom. The number of fused-ring (bicyclic) bond motifs is 1. The van der Waals surface area contributed by atoms with Crippen LogP contribution >= 0.6 is 0 Å². The second-order valence-electron chi connectivity index (χ2n) is 6.36. The van der Waals surface area contributed by atoms with Crippen LogP contribution in [-0.4, -0.2) is 86.2 Å². The Balaban J connectivity index is 0.000000675. The molecule has 1 heterocycles. The normalized spacial score (nSPS) is 11.2. The number of carboxylic acid groups (broad SMARTS) is 1. The molecular weight excluding hydrogens is 453 g/mol. The van der Waals surface area contributed by atoms with Crippen LogP contribution in [0.15, 0.2) is 22.8 Å². The average Bonchev–Trinajstić information content (AvgIpc) is 3.24. The Labute approximate surface area is 187 Å². The maximum atomic E-state index is 12.0. The number of nitrogens with zero attached hydrogens (tertiary/aromatic N) is 2. The van der Waals surface area contributed by atoms with Crippen molar-refractivity contribution < 1.29 is 46.7 Å². The Morgan fingerprint density at radius 1 is 0.970 bits per heavy atom. The van der Waals surface area contributed by atoms with Crippen LogP contribution in [0.1, 0.15) is 23.2 Å². The van der Waals surface area contributed by atoms with Crippen molar-refractivity contribution in [1.29, 1.82) is 0 Å². The first-order chi connectivity index (χ1) is 15.8. The number of carboxylic acids is 1. The number of hydrogen-bond acceptors (Lipinski definition) is 9. The van der Waals surface area contributed by atoms with Crippen molar-refractivity contribution in [3.05, 3.63) is 23.8 Å². The minimum atomic E-state index is -5.08. The highest BCUT2D eigenvalue weighted by molar-refractivity contribution is 5.97. The minimum Gasteiger partial charge on any atom is -0.475 e. The fourth-order valence-corrected chi connectivity index (χ4v) is 2.13. The first-order valence-corrected chi connectivity index (χ1v) is 9.99. The molecule has 0 aliphatic carbocycles. The van der Waals surface area contributed by atoms with Crippen LogP contribution in [0.25, 0.3) is 11.0 Å². The molecule has 1 aromatic heterocycles. The van der Waals surface area contributed by atoms with E-state index in [0.717, 1.165) is 12.8 Å². The van der Waals surface area contributed by atoms with Crippen molar-refractivity contribution in [2.45, 2.75) is 19.0 Å². The van der Waals surface area contributed by atoms with E-state index in [9.17, 15) is 18.0 Å². The van der Waals surface area contributed by atoms with Crippen molar-refractivity contribution in [2.75, 3.05) is 52.7 Å². The van der Waals surface area contributed by atoms with Gasteiger partial charge in [-0.2, -0.15) is 13.2 Å². The highest BCUT2D eigenvalue weighted by Gasteiger charge is 2.38. The molecule has 0 atom stereocenters. The van der Waals surface area contributed by atoms with E-state index in [2.05, 4.69) is 20.3 Å². The van der Waals surface area contributed by atoms with Crippen LogP contribution < -0.4 is 11.1 Å². The van der Waals surface area contributed by atoms with Crippen molar-refractivity contribution in [3.8, 4) is 0 Å². The molecule has 0 aliphatic heterocycles. The van der Waals surface area contributed by atoms with Crippen LogP contribution in [0.4, 0.5) is 13.2 Å². The summed E-state index contributed by atoms with van der Waals surface area (Å²) in [5, 5.41) is 17.4. The number of nitrogens with one attached hydrogen (secondary N) is 1. The molecule has 11 nitrogen and oxygen atoms in total. The summed E-state index contributed by atoms with van der Waals surface area (Å²) >= 11 is 0. The molecule has 33 heavy (non-hydrogen) atoms. The lowest BCUT2D eigenvalue weighted by Gasteiger charge is -2.07. The standard InChI is InChI=1S/C17H26N4O5.C2HF3O2/c18-5-1-7-23-9-11-25-12-10-24-8-2-6-19-17(22)14-3-4-15-16(13-14)21-26-20-15;3-2(4,5)1(6)7/h3-4,13H,1-2,5-12,18H2,(H,19,22);(H,6,7). The van der Waals surface area contributed by atoms with Gasteiger partial charge in [0, 0.05) is 25.3 Å². The molecule has 2 rings (SSSR count). The molecule has 0 spiro atoms. The van der Waals surface area contributed by atoms with Crippen molar-refractivity contribution in [3.63, 3.8) is 0 Å². The van der Waals surface area contributed by atoms with Gasteiger partial charge in [0.15, 0.2) is 0 Å². The van der Waals surface area contributed by atoms with Gasteiger partial charge < -0.3 is 30.4 Å². The minimum absolute atomic E-state index is 0.159. The van der Waals surface area contributed by atoms with E-state index < -0.39 is 12.1 Å². The summed E-state index contributed by atoms with van der Waals surface area (Å²) in [6.07, 6.45) is -3.49. The zero-order chi connectivity index (χ0) is 24.5. The lowest BCUT2D eigenvalue weighted by atomic mass is 10.2. The second-order valence-corrected chi connectivity index (χ2v) is 6.36. The molecule has 0 bridgehead atoms. The highest BCUT2D eigenvalue weighted by atomic mass is 19.4. The molecule has 2 aromatic rings. The predicted octanol–water partition coefficient (Wildman–Crippen LogP) is 1.37. The van der Waals surface area contributed by atoms with Crippen LogP contribution in [-0.2, 0) is 19.0 Å². The monoisotopic (exact) mass is 480 g/mol. The summed E-state index contributed by atoms with van der Waals surface area (Å²) in [6, 6.07) is 5.04. The molecule has 0 unspecified atom stereocenters. The van der Waals surface area contributed by atoms with Gasteiger partial charge in [0.1, 0.15) is 11.0 Å². The molecule has 0 saturated heterocycles. The molecule has 4 N–H and O–H groups in total. The Bertz CT molecular complexity index is 833. The number of rotatable bonds is 14. The summed E-state index contributed by atoms with van der Waals surface area (Å²) in [7, 11) is 0. The maximum absolute atomic E-state index is 12.0. The van der Waals surface area contributed by atoms with E-state index in [1.165, 1.54) is 0 Å². The Hall–Kier alpha value is -2.81. The molecule has 1 amide bonds. The Morgan fingerprint density at radius 2 is 1.52 bits per heavy atom. The van der Waals surface area contributed by atoms with E-state index in [-0.39, 0.29) is 5.91 Å². The van der Waals surface area contributed by atoms with Gasteiger partial charge in [-0.05, 0) is 47.9 Å². The number of benzene rings is 1.